The minimum Gasteiger partial charge on any atom is -0.496 e. The minimum atomic E-state index is -0.298. The number of hydrogen-bond donors (Lipinski definition) is 1. The van der Waals surface area contributed by atoms with Crippen molar-refractivity contribution in [2.24, 2.45) is 0 Å². The van der Waals surface area contributed by atoms with Crippen LogP contribution in [0.5, 0.6) is 11.5 Å². The van der Waals surface area contributed by atoms with Gasteiger partial charge >= 0.3 is 0 Å². The van der Waals surface area contributed by atoms with Crippen molar-refractivity contribution in [3.63, 3.8) is 0 Å². The lowest BCUT2D eigenvalue weighted by Crippen LogP contribution is -2.12. The predicted molar refractivity (Wildman–Crippen MR) is 107 cm³/mol. The van der Waals surface area contributed by atoms with E-state index in [1.54, 1.807) is 54.7 Å². The quantitative estimate of drug-likeness (QED) is 0.626. The zero-order valence-electron chi connectivity index (χ0n) is 14.6. The van der Waals surface area contributed by atoms with Crippen molar-refractivity contribution in [1.29, 1.82) is 0 Å². The summed E-state index contributed by atoms with van der Waals surface area (Å²) in [6, 6.07) is 13.6. The van der Waals surface area contributed by atoms with Crippen molar-refractivity contribution in [2.75, 3.05) is 19.5 Å². The Morgan fingerprint density at radius 1 is 0.963 bits per heavy atom. The third kappa shape index (κ3) is 4.15. The summed E-state index contributed by atoms with van der Waals surface area (Å²) in [6.07, 6.45) is 1.65. The van der Waals surface area contributed by atoms with Gasteiger partial charge in [-0.1, -0.05) is 23.2 Å². The van der Waals surface area contributed by atoms with Crippen LogP contribution in [0.4, 0.5) is 5.69 Å². The summed E-state index contributed by atoms with van der Waals surface area (Å²) < 4.78 is 10.5. The van der Waals surface area contributed by atoms with Crippen LogP contribution in [0.3, 0.4) is 0 Å². The standard InChI is InChI=1S/C20H16Cl2N2O3/c1-26-17-8-6-13(11-16(17)22)24-20(25)12-5-7-14(18(10-12)27-2)19-15(21)4-3-9-23-19/h3-11H,1-2H3,(H,24,25). The summed E-state index contributed by atoms with van der Waals surface area (Å²) in [5, 5.41) is 3.71. The number of aromatic nitrogens is 1. The maximum absolute atomic E-state index is 12.6. The van der Waals surface area contributed by atoms with Crippen LogP contribution in [0.15, 0.2) is 54.7 Å². The van der Waals surface area contributed by atoms with E-state index in [9.17, 15) is 4.79 Å². The van der Waals surface area contributed by atoms with Crippen molar-refractivity contribution in [3.05, 3.63) is 70.3 Å². The maximum atomic E-state index is 12.6. The Bertz CT molecular complexity index is 993. The highest BCUT2D eigenvalue weighted by Gasteiger charge is 2.15. The van der Waals surface area contributed by atoms with E-state index in [0.29, 0.717) is 44.1 Å². The topological polar surface area (TPSA) is 60.5 Å². The molecule has 0 aliphatic rings. The second-order valence-electron chi connectivity index (χ2n) is 5.55. The fourth-order valence-electron chi connectivity index (χ4n) is 2.56. The van der Waals surface area contributed by atoms with E-state index < -0.39 is 0 Å². The molecule has 0 unspecified atom stereocenters. The van der Waals surface area contributed by atoms with Gasteiger partial charge in [0.25, 0.3) is 5.91 Å². The van der Waals surface area contributed by atoms with E-state index in [0.717, 1.165) is 0 Å². The molecule has 0 radical (unpaired) electrons. The molecule has 2 aromatic carbocycles. The molecule has 1 amide bonds. The van der Waals surface area contributed by atoms with Gasteiger partial charge in [0, 0.05) is 23.0 Å². The van der Waals surface area contributed by atoms with Gasteiger partial charge in [0.2, 0.25) is 0 Å². The molecule has 1 N–H and O–H groups in total. The average molecular weight is 403 g/mol. The first kappa shape index (κ1) is 19.0. The molecule has 0 aliphatic heterocycles. The molecule has 0 bridgehead atoms. The number of nitrogens with zero attached hydrogens (tertiary/aromatic N) is 1. The Hall–Kier alpha value is -2.76. The number of methoxy groups -OCH3 is 2. The third-order valence-electron chi connectivity index (χ3n) is 3.89. The number of carbonyl (C=O) groups is 1. The van der Waals surface area contributed by atoms with E-state index >= 15 is 0 Å². The molecular weight excluding hydrogens is 387 g/mol. The van der Waals surface area contributed by atoms with Crippen molar-refractivity contribution in [1.82, 2.24) is 4.98 Å². The Morgan fingerprint density at radius 3 is 2.41 bits per heavy atom. The van der Waals surface area contributed by atoms with Gasteiger partial charge < -0.3 is 14.8 Å². The predicted octanol–water partition coefficient (Wildman–Crippen LogP) is 5.32. The lowest BCUT2D eigenvalue weighted by Gasteiger charge is -2.12. The van der Waals surface area contributed by atoms with Gasteiger partial charge in [-0.05, 0) is 48.5 Å². The van der Waals surface area contributed by atoms with Crippen molar-refractivity contribution in [2.45, 2.75) is 0 Å². The van der Waals surface area contributed by atoms with Gasteiger partial charge in [0.05, 0.1) is 30.0 Å². The highest BCUT2D eigenvalue weighted by Crippen LogP contribution is 2.34. The number of nitrogens with one attached hydrogen (secondary N) is 1. The molecule has 1 aromatic heterocycles. The second-order valence-corrected chi connectivity index (χ2v) is 6.37. The smallest absolute Gasteiger partial charge is 0.255 e. The highest BCUT2D eigenvalue weighted by atomic mass is 35.5. The number of rotatable bonds is 5. The van der Waals surface area contributed by atoms with Gasteiger partial charge in [-0.2, -0.15) is 0 Å². The van der Waals surface area contributed by atoms with E-state index in [1.165, 1.54) is 14.2 Å². The van der Waals surface area contributed by atoms with Gasteiger partial charge in [-0.3, -0.25) is 9.78 Å². The summed E-state index contributed by atoms with van der Waals surface area (Å²) in [5.41, 5.74) is 2.27. The minimum absolute atomic E-state index is 0.298. The largest absolute Gasteiger partial charge is 0.496 e. The normalized spacial score (nSPS) is 10.4. The SMILES string of the molecule is COc1ccc(NC(=O)c2ccc(-c3ncccc3Cl)c(OC)c2)cc1Cl. The van der Waals surface area contributed by atoms with Gasteiger partial charge in [0.15, 0.2) is 0 Å². The number of amides is 1. The molecule has 0 spiro atoms. The van der Waals surface area contributed by atoms with Crippen LogP contribution in [0.2, 0.25) is 10.0 Å². The summed E-state index contributed by atoms with van der Waals surface area (Å²) >= 11 is 12.3. The first-order chi connectivity index (χ1) is 13.0. The van der Waals surface area contributed by atoms with Crippen molar-refractivity contribution in [3.8, 4) is 22.8 Å². The Balaban J connectivity index is 1.88. The summed E-state index contributed by atoms with van der Waals surface area (Å²) in [6.45, 7) is 0. The maximum Gasteiger partial charge on any atom is 0.255 e. The molecule has 7 heteroatoms. The summed E-state index contributed by atoms with van der Waals surface area (Å²) in [4.78, 5) is 16.9. The molecular formula is C20H16Cl2N2O3. The second kappa shape index (κ2) is 8.29. The molecule has 27 heavy (non-hydrogen) atoms. The molecule has 3 aromatic rings. The Morgan fingerprint density at radius 2 is 1.74 bits per heavy atom. The van der Waals surface area contributed by atoms with Crippen LogP contribution in [-0.2, 0) is 0 Å². The summed E-state index contributed by atoms with van der Waals surface area (Å²) in [5.74, 6) is 0.733. The molecule has 5 nitrogen and oxygen atoms in total. The van der Waals surface area contributed by atoms with Crippen LogP contribution < -0.4 is 14.8 Å². The molecule has 1 heterocycles. The van der Waals surface area contributed by atoms with E-state index in [2.05, 4.69) is 10.3 Å². The molecule has 0 saturated carbocycles. The number of pyridine rings is 1. The fraction of sp³-hybridized carbons (Fsp3) is 0.100. The lowest BCUT2D eigenvalue weighted by molar-refractivity contribution is 0.102. The molecule has 0 aliphatic carbocycles. The summed E-state index contributed by atoms with van der Waals surface area (Å²) in [7, 11) is 3.06. The van der Waals surface area contributed by atoms with E-state index in [1.807, 2.05) is 0 Å². The van der Waals surface area contributed by atoms with Gasteiger partial charge in [0.1, 0.15) is 11.5 Å². The molecule has 0 fully saturated rings. The van der Waals surface area contributed by atoms with Crippen molar-refractivity contribution < 1.29 is 14.3 Å². The van der Waals surface area contributed by atoms with Gasteiger partial charge in [-0.15, -0.1) is 0 Å². The monoisotopic (exact) mass is 402 g/mol. The van der Waals surface area contributed by atoms with Crippen molar-refractivity contribution >= 4 is 34.8 Å². The fourth-order valence-corrected chi connectivity index (χ4v) is 3.04. The van der Waals surface area contributed by atoms with Crippen LogP contribution in [0.25, 0.3) is 11.3 Å². The Labute approximate surface area is 166 Å². The number of carbonyl (C=O) groups excluding carboxylic acids is 1. The van der Waals surface area contributed by atoms with E-state index in [4.69, 9.17) is 32.7 Å². The van der Waals surface area contributed by atoms with Crippen LogP contribution in [-0.4, -0.2) is 25.1 Å². The van der Waals surface area contributed by atoms with Gasteiger partial charge in [-0.25, -0.2) is 0 Å². The number of ether oxygens (including phenoxy) is 2. The zero-order valence-corrected chi connectivity index (χ0v) is 16.1. The van der Waals surface area contributed by atoms with Crippen LogP contribution >= 0.6 is 23.2 Å². The molecule has 0 atom stereocenters. The van der Waals surface area contributed by atoms with Crippen LogP contribution in [0, 0.1) is 0 Å². The molecule has 138 valence electrons. The number of hydrogen-bond acceptors (Lipinski definition) is 4. The lowest BCUT2D eigenvalue weighted by atomic mass is 10.1. The molecule has 0 saturated heterocycles. The zero-order chi connectivity index (χ0) is 19.4. The Kier molecular flexibility index (Phi) is 5.84. The number of halogens is 2. The van der Waals surface area contributed by atoms with Crippen LogP contribution in [0.1, 0.15) is 10.4 Å². The average Bonchev–Trinajstić information content (AvgIpc) is 2.68. The number of anilines is 1. The first-order valence-corrected chi connectivity index (χ1v) is 8.73. The third-order valence-corrected chi connectivity index (χ3v) is 4.49. The molecule has 3 rings (SSSR count). The first-order valence-electron chi connectivity index (χ1n) is 7.97. The highest BCUT2D eigenvalue weighted by molar-refractivity contribution is 6.33. The van der Waals surface area contributed by atoms with E-state index in [-0.39, 0.29) is 5.91 Å². The number of benzene rings is 2.